The average Bonchev–Trinajstić information content (AvgIpc) is 2.79. The zero-order valence-corrected chi connectivity index (χ0v) is 12.8. The van der Waals surface area contributed by atoms with Crippen LogP contribution in [0.3, 0.4) is 0 Å². The van der Waals surface area contributed by atoms with Gasteiger partial charge in [-0.2, -0.15) is 13.2 Å². The van der Waals surface area contributed by atoms with E-state index in [1.165, 1.54) is 6.42 Å². The first-order valence-corrected chi connectivity index (χ1v) is 7.51. The summed E-state index contributed by atoms with van der Waals surface area (Å²) < 4.78 is 38.7. The van der Waals surface area contributed by atoms with Gasteiger partial charge < -0.3 is 10.6 Å². The van der Waals surface area contributed by atoms with E-state index in [9.17, 15) is 13.2 Å². The van der Waals surface area contributed by atoms with Gasteiger partial charge >= 0.3 is 6.18 Å². The molecule has 20 heavy (non-hydrogen) atoms. The van der Waals surface area contributed by atoms with Gasteiger partial charge in [-0.1, -0.05) is 15.9 Å². The van der Waals surface area contributed by atoms with Crippen molar-refractivity contribution in [2.75, 3.05) is 11.9 Å². The molecular formula is C14H18BrF3N2. The van der Waals surface area contributed by atoms with Crippen molar-refractivity contribution in [2.45, 2.75) is 44.4 Å². The van der Waals surface area contributed by atoms with Gasteiger partial charge in [-0.25, -0.2) is 0 Å². The molecule has 6 heteroatoms. The van der Waals surface area contributed by atoms with E-state index in [0.29, 0.717) is 16.2 Å². The largest absolute Gasteiger partial charge is 0.416 e. The summed E-state index contributed by atoms with van der Waals surface area (Å²) in [5.74, 6) is 0. The van der Waals surface area contributed by atoms with Gasteiger partial charge in [0.05, 0.1) is 5.56 Å². The van der Waals surface area contributed by atoms with E-state index in [0.717, 1.165) is 31.5 Å². The molecule has 2 N–H and O–H groups in total. The van der Waals surface area contributed by atoms with E-state index in [2.05, 4.69) is 26.6 Å². The first-order valence-electron chi connectivity index (χ1n) is 6.72. The number of benzene rings is 1. The van der Waals surface area contributed by atoms with Gasteiger partial charge in [-0.15, -0.1) is 0 Å². The first kappa shape index (κ1) is 15.6. The molecular weight excluding hydrogens is 333 g/mol. The van der Waals surface area contributed by atoms with Crippen LogP contribution in [-0.4, -0.2) is 18.6 Å². The molecule has 0 aliphatic carbocycles. The maximum Gasteiger partial charge on any atom is 0.416 e. The van der Waals surface area contributed by atoms with Crippen molar-refractivity contribution in [1.82, 2.24) is 5.32 Å². The number of rotatable bonds is 4. The zero-order chi connectivity index (χ0) is 14.8. The van der Waals surface area contributed by atoms with Gasteiger partial charge in [0.15, 0.2) is 0 Å². The van der Waals surface area contributed by atoms with Crippen LogP contribution in [-0.2, 0) is 6.18 Å². The predicted octanol–water partition coefficient (Wildman–Crippen LogP) is 4.41. The topological polar surface area (TPSA) is 24.1 Å². The molecule has 1 fully saturated rings. The number of halogens is 4. The monoisotopic (exact) mass is 350 g/mol. The Morgan fingerprint density at radius 1 is 1.40 bits per heavy atom. The summed E-state index contributed by atoms with van der Waals surface area (Å²) in [7, 11) is 0. The van der Waals surface area contributed by atoms with Crippen LogP contribution in [0.4, 0.5) is 18.9 Å². The van der Waals surface area contributed by atoms with Crippen molar-refractivity contribution >= 4 is 21.6 Å². The molecule has 0 aromatic heterocycles. The number of nitrogens with one attached hydrogen (secondary N) is 2. The molecule has 112 valence electrons. The minimum absolute atomic E-state index is 0.126. The van der Waals surface area contributed by atoms with Crippen LogP contribution in [0.5, 0.6) is 0 Å². The molecule has 1 aliphatic heterocycles. The Kier molecular flexibility index (Phi) is 4.96. The first-order chi connectivity index (χ1) is 9.34. The Hall–Kier alpha value is -0.750. The molecule has 0 saturated carbocycles. The third-order valence-corrected chi connectivity index (χ3v) is 3.90. The van der Waals surface area contributed by atoms with Gasteiger partial charge in [-0.3, -0.25) is 0 Å². The molecule has 1 heterocycles. The fourth-order valence-corrected chi connectivity index (χ4v) is 3.06. The van der Waals surface area contributed by atoms with Crippen molar-refractivity contribution < 1.29 is 13.2 Å². The SMILES string of the molecule is CC(CC1CCCN1)Nc1cc(Br)cc(C(F)(F)F)c1. The van der Waals surface area contributed by atoms with E-state index in [4.69, 9.17) is 0 Å². The quantitative estimate of drug-likeness (QED) is 0.840. The maximum absolute atomic E-state index is 12.8. The molecule has 0 amide bonds. The Balaban J connectivity index is 2.02. The van der Waals surface area contributed by atoms with Crippen LogP contribution in [0.2, 0.25) is 0 Å². The van der Waals surface area contributed by atoms with Crippen LogP contribution in [0.25, 0.3) is 0 Å². The van der Waals surface area contributed by atoms with E-state index in [1.54, 1.807) is 6.07 Å². The highest BCUT2D eigenvalue weighted by Gasteiger charge is 2.31. The van der Waals surface area contributed by atoms with Crippen LogP contribution in [0.1, 0.15) is 31.7 Å². The average molecular weight is 351 g/mol. The normalized spacial score (nSPS) is 20.9. The van der Waals surface area contributed by atoms with Gasteiger partial charge in [0.1, 0.15) is 0 Å². The van der Waals surface area contributed by atoms with E-state index in [1.807, 2.05) is 6.92 Å². The summed E-state index contributed by atoms with van der Waals surface area (Å²) in [5.41, 5.74) is -0.141. The Labute approximate surface area is 125 Å². The van der Waals surface area contributed by atoms with Crippen molar-refractivity contribution in [3.05, 3.63) is 28.2 Å². The second kappa shape index (κ2) is 6.35. The zero-order valence-electron chi connectivity index (χ0n) is 11.2. The fraction of sp³-hybridized carbons (Fsp3) is 0.571. The van der Waals surface area contributed by atoms with Crippen molar-refractivity contribution in [2.24, 2.45) is 0 Å². The standard InChI is InChI=1S/C14H18BrF3N2/c1-9(5-12-3-2-4-19-12)20-13-7-10(14(16,17)18)6-11(15)8-13/h6-9,12,19-20H,2-5H2,1H3. The number of alkyl halides is 3. The Bertz CT molecular complexity index is 456. The minimum atomic E-state index is -4.32. The van der Waals surface area contributed by atoms with E-state index in [-0.39, 0.29) is 6.04 Å². The fourth-order valence-electron chi connectivity index (χ4n) is 2.56. The molecule has 1 aromatic rings. The molecule has 0 spiro atoms. The lowest BCUT2D eigenvalue weighted by Crippen LogP contribution is -2.29. The highest BCUT2D eigenvalue weighted by atomic mass is 79.9. The van der Waals surface area contributed by atoms with Crippen molar-refractivity contribution in [3.63, 3.8) is 0 Å². The third kappa shape index (κ3) is 4.38. The Morgan fingerprint density at radius 2 is 2.15 bits per heavy atom. The molecule has 2 nitrogen and oxygen atoms in total. The van der Waals surface area contributed by atoms with Crippen LogP contribution < -0.4 is 10.6 Å². The highest BCUT2D eigenvalue weighted by Crippen LogP contribution is 2.33. The summed E-state index contributed by atoms with van der Waals surface area (Å²) in [6.45, 7) is 3.03. The van der Waals surface area contributed by atoms with Crippen molar-refractivity contribution in [1.29, 1.82) is 0 Å². The molecule has 0 radical (unpaired) electrons. The van der Waals surface area contributed by atoms with Crippen LogP contribution in [0.15, 0.2) is 22.7 Å². The van der Waals surface area contributed by atoms with Crippen molar-refractivity contribution in [3.8, 4) is 0 Å². The second-order valence-electron chi connectivity index (χ2n) is 5.30. The second-order valence-corrected chi connectivity index (χ2v) is 6.22. The van der Waals surface area contributed by atoms with E-state index >= 15 is 0 Å². The minimum Gasteiger partial charge on any atom is -0.382 e. The summed E-state index contributed by atoms with van der Waals surface area (Å²) in [4.78, 5) is 0. The lowest BCUT2D eigenvalue weighted by atomic mass is 10.1. The number of hydrogen-bond donors (Lipinski definition) is 2. The molecule has 2 unspecified atom stereocenters. The smallest absolute Gasteiger partial charge is 0.382 e. The van der Waals surface area contributed by atoms with Gasteiger partial charge in [0.25, 0.3) is 0 Å². The molecule has 1 saturated heterocycles. The molecule has 2 rings (SSSR count). The van der Waals surface area contributed by atoms with Crippen LogP contribution >= 0.6 is 15.9 Å². The highest BCUT2D eigenvalue weighted by molar-refractivity contribution is 9.10. The predicted molar refractivity (Wildman–Crippen MR) is 77.9 cm³/mol. The molecule has 2 atom stereocenters. The summed E-state index contributed by atoms with van der Waals surface area (Å²) in [6.07, 6.45) is -1.10. The Morgan fingerprint density at radius 3 is 2.75 bits per heavy atom. The van der Waals surface area contributed by atoms with Gasteiger partial charge in [0, 0.05) is 22.2 Å². The van der Waals surface area contributed by atoms with Crippen LogP contribution in [0, 0.1) is 0 Å². The summed E-state index contributed by atoms with van der Waals surface area (Å²) >= 11 is 3.13. The number of anilines is 1. The summed E-state index contributed by atoms with van der Waals surface area (Å²) in [5, 5.41) is 6.54. The molecule has 0 bridgehead atoms. The molecule has 1 aliphatic rings. The van der Waals surface area contributed by atoms with Gasteiger partial charge in [-0.05, 0) is 50.9 Å². The molecule has 1 aromatic carbocycles. The summed E-state index contributed by atoms with van der Waals surface area (Å²) in [6, 6.07) is 4.51. The van der Waals surface area contributed by atoms with E-state index < -0.39 is 11.7 Å². The van der Waals surface area contributed by atoms with Gasteiger partial charge in [0.2, 0.25) is 0 Å². The number of hydrogen-bond acceptors (Lipinski definition) is 2. The lowest BCUT2D eigenvalue weighted by molar-refractivity contribution is -0.137. The lowest BCUT2D eigenvalue weighted by Gasteiger charge is -2.20. The maximum atomic E-state index is 12.8. The third-order valence-electron chi connectivity index (χ3n) is 3.44.